The highest BCUT2D eigenvalue weighted by Crippen LogP contribution is 2.09. The maximum Gasteiger partial charge on any atom is 0.246 e. The highest BCUT2D eigenvalue weighted by molar-refractivity contribution is 5.87. The maximum absolute atomic E-state index is 11.8. The van der Waals surface area contributed by atoms with Crippen molar-refractivity contribution in [3.63, 3.8) is 0 Å². The molecule has 0 aromatic heterocycles. The third kappa shape index (κ3) is 6.50. The summed E-state index contributed by atoms with van der Waals surface area (Å²) in [4.78, 5) is 13.8. The van der Waals surface area contributed by atoms with Crippen LogP contribution in [0.25, 0.3) is 0 Å². The SMILES string of the molecule is CCCCCCCC=CC(=O)N1CCCCC1. The van der Waals surface area contributed by atoms with E-state index >= 15 is 0 Å². The Hall–Kier alpha value is -0.790. The van der Waals surface area contributed by atoms with E-state index in [1.54, 1.807) is 6.08 Å². The summed E-state index contributed by atoms with van der Waals surface area (Å²) in [5.41, 5.74) is 0. The molecule has 1 saturated heterocycles. The Morgan fingerprint density at radius 3 is 2.47 bits per heavy atom. The van der Waals surface area contributed by atoms with Crippen LogP contribution in [-0.2, 0) is 4.79 Å². The fraction of sp³-hybridized carbons (Fsp3) is 0.800. The van der Waals surface area contributed by atoms with Crippen LogP contribution < -0.4 is 0 Å². The number of amides is 1. The zero-order chi connectivity index (χ0) is 12.3. The van der Waals surface area contributed by atoms with Crippen molar-refractivity contribution in [1.82, 2.24) is 4.90 Å². The summed E-state index contributed by atoms with van der Waals surface area (Å²) < 4.78 is 0. The predicted octanol–water partition coefficient (Wildman–Crippen LogP) is 3.92. The van der Waals surface area contributed by atoms with Gasteiger partial charge in [-0.05, 0) is 38.2 Å². The molecular formula is C15H27NO. The largest absolute Gasteiger partial charge is 0.339 e. The number of carbonyl (C=O) groups is 1. The number of likely N-dealkylation sites (tertiary alicyclic amines) is 1. The Morgan fingerprint density at radius 2 is 1.76 bits per heavy atom. The number of hydrogen-bond donors (Lipinski definition) is 0. The molecule has 2 heteroatoms. The Balaban J connectivity index is 2.04. The van der Waals surface area contributed by atoms with Crippen LogP contribution >= 0.6 is 0 Å². The Labute approximate surface area is 106 Å². The molecule has 0 unspecified atom stereocenters. The average Bonchev–Trinajstić information content (AvgIpc) is 2.38. The number of nitrogens with zero attached hydrogens (tertiary/aromatic N) is 1. The van der Waals surface area contributed by atoms with Gasteiger partial charge in [-0.1, -0.05) is 38.7 Å². The van der Waals surface area contributed by atoms with Crippen molar-refractivity contribution in [2.75, 3.05) is 13.1 Å². The van der Waals surface area contributed by atoms with Gasteiger partial charge in [0.1, 0.15) is 0 Å². The Morgan fingerprint density at radius 1 is 1.06 bits per heavy atom. The summed E-state index contributed by atoms with van der Waals surface area (Å²) in [6, 6.07) is 0. The molecule has 1 heterocycles. The standard InChI is InChI=1S/C15H27NO/c1-2-3-4-5-6-7-9-12-15(17)16-13-10-8-11-14-16/h9,12H,2-8,10-11,13-14H2,1H3. The summed E-state index contributed by atoms with van der Waals surface area (Å²) >= 11 is 0. The first-order chi connectivity index (χ1) is 8.34. The van der Waals surface area contributed by atoms with Crippen molar-refractivity contribution in [3.8, 4) is 0 Å². The summed E-state index contributed by atoms with van der Waals surface area (Å²) in [6.07, 6.45) is 15.0. The molecule has 0 aromatic rings. The minimum Gasteiger partial charge on any atom is -0.339 e. The van der Waals surface area contributed by atoms with Crippen LogP contribution in [0.2, 0.25) is 0 Å². The van der Waals surface area contributed by atoms with Crippen molar-refractivity contribution < 1.29 is 4.79 Å². The molecular weight excluding hydrogens is 210 g/mol. The van der Waals surface area contributed by atoms with E-state index in [1.165, 1.54) is 51.4 Å². The van der Waals surface area contributed by atoms with Crippen LogP contribution in [0.15, 0.2) is 12.2 Å². The van der Waals surface area contributed by atoms with E-state index in [0.717, 1.165) is 19.5 Å². The molecule has 0 spiro atoms. The maximum atomic E-state index is 11.8. The van der Waals surface area contributed by atoms with Crippen LogP contribution in [0.4, 0.5) is 0 Å². The monoisotopic (exact) mass is 237 g/mol. The number of piperidine rings is 1. The molecule has 0 bridgehead atoms. The lowest BCUT2D eigenvalue weighted by Gasteiger charge is -2.25. The molecule has 0 aliphatic carbocycles. The molecule has 17 heavy (non-hydrogen) atoms. The quantitative estimate of drug-likeness (QED) is 0.485. The van der Waals surface area contributed by atoms with Gasteiger partial charge in [-0.25, -0.2) is 0 Å². The molecule has 98 valence electrons. The van der Waals surface area contributed by atoms with E-state index in [2.05, 4.69) is 13.0 Å². The van der Waals surface area contributed by atoms with Gasteiger partial charge in [0, 0.05) is 13.1 Å². The first-order valence-electron chi connectivity index (χ1n) is 7.30. The lowest BCUT2D eigenvalue weighted by atomic mass is 10.1. The minimum absolute atomic E-state index is 0.221. The lowest BCUT2D eigenvalue weighted by molar-refractivity contribution is -0.126. The van der Waals surface area contributed by atoms with Crippen molar-refractivity contribution in [1.29, 1.82) is 0 Å². The minimum atomic E-state index is 0.221. The summed E-state index contributed by atoms with van der Waals surface area (Å²) in [5.74, 6) is 0.221. The van der Waals surface area contributed by atoms with E-state index < -0.39 is 0 Å². The van der Waals surface area contributed by atoms with Crippen LogP contribution in [0, 0.1) is 0 Å². The van der Waals surface area contributed by atoms with Crippen LogP contribution in [-0.4, -0.2) is 23.9 Å². The second-order valence-corrected chi connectivity index (χ2v) is 4.99. The van der Waals surface area contributed by atoms with Crippen LogP contribution in [0.3, 0.4) is 0 Å². The fourth-order valence-corrected chi connectivity index (χ4v) is 2.27. The van der Waals surface area contributed by atoms with E-state index in [0.29, 0.717) is 0 Å². The highest BCUT2D eigenvalue weighted by Gasteiger charge is 2.13. The van der Waals surface area contributed by atoms with Gasteiger partial charge in [0.2, 0.25) is 5.91 Å². The van der Waals surface area contributed by atoms with E-state index in [-0.39, 0.29) is 5.91 Å². The number of carbonyl (C=O) groups excluding carboxylic acids is 1. The first kappa shape index (κ1) is 14.3. The molecule has 2 nitrogen and oxygen atoms in total. The molecule has 1 rings (SSSR count). The molecule has 1 amide bonds. The van der Waals surface area contributed by atoms with E-state index in [1.807, 2.05) is 4.90 Å². The van der Waals surface area contributed by atoms with Crippen LogP contribution in [0.1, 0.15) is 64.7 Å². The van der Waals surface area contributed by atoms with Gasteiger partial charge in [-0.15, -0.1) is 0 Å². The van der Waals surface area contributed by atoms with Gasteiger partial charge in [0.15, 0.2) is 0 Å². The van der Waals surface area contributed by atoms with Crippen molar-refractivity contribution in [2.24, 2.45) is 0 Å². The number of rotatable bonds is 7. The normalized spacial score (nSPS) is 16.6. The molecule has 0 aromatic carbocycles. The molecule has 0 N–H and O–H groups in total. The second kappa shape index (κ2) is 9.26. The van der Waals surface area contributed by atoms with Crippen LogP contribution in [0.5, 0.6) is 0 Å². The zero-order valence-electron chi connectivity index (χ0n) is 11.3. The molecule has 1 aliphatic rings. The lowest BCUT2D eigenvalue weighted by Crippen LogP contribution is -2.34. The first-order valence-corrected chi connectivity index (χ1v) is 7.30. The van der Waals surface area contributed by atoms with Gasteiger partial charge >= 0.3 is 0 Å². The van der Waals surface area contributed by atoms with Gasteiger partial charge < -0.3 is 4.90 Å². The third-order valence-electron chi connectivity index (χ3n) is 3.40. The topological polar surface area (TPSA) is 20.3 Å². The molecule has 1 fully saturated rings. The molecule has 1 aliphatic heterocycles. The van der Waals surface area contributed by atoms with Gasteiger partial charge in [-0.2, -0.15) is 0 Å². The number of unbranched alkanes of at least 4 members (excludes halogenated alkanes) is 5. The van der Waals surface area contributed by atoms with E-state index in [9.17, 15) is 4.79 Å². The van der Waals surface area contributed by atoms with Crippen molar-refractivity contribution >= 4 is 5.91 Å². The van der Waals surface area contributed by atoms with Crippen molar-refractivity contribution in [3.05, 3.63) is 12.2 Å². The molecule has 0 saturated carbocycles. The molecule has 0 atom stereocenters. The summed E-state index contributed by atoms with van der Waals surface area (Å²) in [7, 11) is 0. The van der Waals surface area contributed by atoms with Crippen molar-refractivity contribution in [2.45, 2.75) is 64.7 Å². The fourth-order valence-electron chi connectivity index (χ4n) is 2.27. The predicted molar refractivity (Wildman–Crippen MR) is 72.9 cm³/mol. The Kier molecular flexibility index (Phi) is 7.78. The number of allylic oxidation sites excluding steroid dienone is 1. The van der Waals surface area contributed by atoms with Gasteiger partial charge in [0.25, 0.3) is 0 Å². The van der Waals surface area contributed by atoms with E-state index in [4.69, 9.17) is 0 Å². The smallest absolute Gasteiger partial charge is 0.246 e. The van der Waals surface area contributed by atoms with Gasteiger partial charge in [0.05, 0.1) is 0 Å². The highest BCUT2D eigenvalue weighted by atomic mass is 16.2. The second-order valence-electron chi connectivity index (χ2n) is 4.99. The zero-order valence-corrected chi connectivity index (χ0v) is 11.3. The third-order valence-corrected chi connectivity index (χ3v) is 3.40. The Bertz CT molecular complexity index is 229. The number of hydrogen-bond acceptors (Lipinski definition) is 1. The average molecular weight is 237 g/mol. The summed E-state index contributed by atoms with van der Waals surface area (Å²) in [6.45, 7) is 4.15. The molecule has 0 radical (unpaired) electrons. The van der Waals surface area contributed by atoms with Gasteiger partial charge in [-0.3, -0.25) is 4.79 Å². The summed E-state index contributed by atoms with van der Waals surface area (Å²) in [5, 5.41) is 0.